The minimum atomic E-state index is -0.899. The van der Waals surface area contributed by atoms with Gasteiger partial charge in [0, 0.05) is 11.3 Å². The van der Waals surface area contributed by atoms with Gasteiger partial charge in [-0.1, -0.05) is 30.3 Å². The summed E-state index contributed by atoms with van der Waals surface area (Å²) in [6.45, 7) is 1.68. The second-order valence-corrected chi connectivity index (χ2v) is 6.09. The van der Waals surface area contributed by atoms with Gasteiger partial charge in [-0.25, -0.2) is 0 Å². The van der Waals surface area contributed by atoms with Crippen molar-refractivity contribution < 1.29 is 19.4 Å². The lowest BCUT2D eigenvalue weighted by Gasteiger charge is -2.10. The normalized spacial score (nSPS) is 11.7. The molecule has 1 unspecified atom stereocenters. The van der Waals surface area contributed by atoms with Gasteiger partial charge in [0.05, 0.1) is 5.92 Å². The Kier molecular flexibility index (Phi) is 5.17. The van der Waals surface area contributed by atoms with E-state index in [9.17, 15) is 9.59 Å². The van der Waals surface area contributed by atoms with Gasteiger partial charge in [-0.05, 0) is 54.1 Å². The van der Waals surface area contributed by atoms with Crippen molar-refractivity contribution in [3.8, 4) is 5.75 Å². The summed E-state index contributed by atoms with van der Waals surface area (Å²) in [5.41, 5.74) is 1.22. The Hall–Kier alpha value is -3.34. The van der Waals surface area contributed by atoms with E-state index in [0.29, 0.717) is 17.0 Å². The Morgan fingerprint density at radius 3 is 2.38 bits per heavy atom. The number of rotatable bonds is 6. The highest BCUT2D eigenvalue weighted by Gasteiger charge is 2.11. The Bertz CT molecular complexity index is 934. The number of carbonyl (C=O) groups excluding carboxylic acids is 1. The fraction of sp³-hybridized carbons (Fsp3) is 0.143. The molecule has 0 saturated carbocycles. The van der Waals surface area contributed by atoms with Crippen LogP contribution in [0.2, 0.25) is 0 Å². The maximum Gasteiger partial charge on any atom is 0.309 e. The van der Waals surface area contributed by atoms with E-state index >= 15 is 0 Å². The van der Waals surface area contributed by atoms with Gasteiger partial charge in [0.1, 0.15) is 12.4 Å². The largest absolute Gasteiger partial charge is 0.493 e. The Morgan fingerprint density at radius 1 is 1.00 bits per heavy atom. The van der Waals surface area contributed by atoms with Crippen LogP contribution in [-0.2, 0) is 4.79 Å². The zero-order valence-electron chi connectivity index (χ0n) is 14.3. The summed E-state index contributed by atoms with van der Waals surface area (Å²) in [4.78, 5) is 23.2. The molecule has 3 aromatic carbocycles. The van der Waals surface area contributed by atoms with E-state index in [2.05, 4.69) is 5.32 Å². The summed E-state index contributed by atoms with van der Waals surface area (Å²) in [5.74, 6) is -1.11. The number of benzene rings is 3. The Labute approximate surface area is 151 Å². The average molecular weight is 349 g/mol. The van der Waals surface area contributed by atoms with Crippen molar-refractivity contribution in [2.24, 2.45) is 5.92 Å². The van der Waals surface area contributed by atoms with Crippen LogP contribution in [0.4, 0.5) is 5.69 Å². The van der Waals surface area contributed by atoms with Crippen molar-refractivity contribution in [1.82, 2.24) is 0 Å². The minimum Gasteiger partial charge on any atom is -0.493 e. The Morgan fingerprint density at radius 2 is 1.69 bits per heavy atom. The second-order valence-electron chi connectivity index (χ2n) is 6.09. The van der Waals surface area contributed by atoms with Crippen LogP contribution >= 0.6 is 0 Å². The molecule has 5 nitrogen and oxygen atoms in total. The van der Waals surface area contributed by atoms with Crippen molar-refractivity contribution in [3.63, 3.8) is 0 Å². The third-order valence-corrected chi connectivity index (χ3v) is 4.05. The number of hydrogen-bond acceptors (Lipinski definition) is 3. The van der Waals surface area contributed by atoms with Crippen molar-refractivity contribution in [2.45, 2.75) is 6.92 Å². The minimum absolute atomic E-state index is 0.0954. The summed E-state index contributed by atoms with van der Waals surface area (Å²) in [6.07, 6.45) is 0. The van der Waals surface area contributed by atoms with Crippen LogP contribution in [0.3, 0.4) is 0 Å². The van der Waals surface area contributed by atoms with Gasteiger partial charge >= 0.3 is 5.97 Å². The molecule has 0 spiro atoms. The van der Waals surface area contributed by atoms with Gasteiger partial charge < -0.3 is 15.2 Å². The van der Waals surface area contributed by atoms with Crippen LogP contribution in [0.25, 0.3) is 10.8 Å². The number of carbonyl (C=O) groups is 2. The molecule has 0 radical (unpaired) electrons. The molecular formula is C21H19NO4. The predicted octanol–water partition coefficient (Wildman–Crippen LogP) is 4.19. The van der Waals surface area contributed by atoms with Gasteiger partial charge in [-0.15, -0.1) is 0 Å². The van der Waals surface area contributed by atoms with E-state index in [0.717, 1.165) is 10.8 Å². The SMILES string of the molecule is CC(COc1ccc(NC(=O)c2ccc3ccccc3c2)cc1)C(=O)O. The molecule has 0 fully saturated rings. The first-order valence-electron chi connectivity index (χ1n) is 8.29. The number of carboxylic acids is 1. The molecule has 0 aliphatic rings. The fourth-order valence-corrected chi connectivity index (χ4v) is 2.46. The van der Waals surface area contributed by atoms with E-state index in [4.69, 9.17) is 9.84 Å². The molecule has 3 rings (SSSR count). The van der Waals surface area contributed by atoms with Gasteiger partial charge in [0.25, 0.3) is 5.91 Å². The van der Waals surface area contributed by atoms with E-state index in [1.54, 1.807) is 37.3 Å². The lowest BCUT2D eigenvalue weighted by Crippen LogP contribution is -2.17. The zero-order valence-corrected chi connectivity index (χ0v) is 14.3. The van der Waals surface area contributed by atoms with Crippen LogP contribution in [0.15, 0.2) is 66.7 Å². The molecule has 0 saturated heterocycles. The maximum absolute atomic E-state index is 12.4. The number of fused-ring (bicyclic) bond motifs is 1. The first-order chi connectivity index (χ1) is 12.5. The summed E-state index contributed by atoms with van der Waals surface area (Å²) >= 11 is 0. The summed E-state index contributed by atoms with van der Waals surface area (Å²) in [6, 6.07) is 20.3. The molecule has 0 aromatic heterocycles. The molecular weight excluding hydrogens is 330 g/mol. The molecule has 0 bridgehead atoms. The monoisotopic (exact) mass is 349 g/mol. The van der Waals surface area contributed by atoms with Gasteiger partial charge in [0.2, 0.25) is 0 Å². The van der Waals surface area contributed by atoms with Crippen molar-refractivity contribution >= 4 is 28.3 Å². The molecule has 3 aromatic rings. The van der Waals surface area contributed by atoms with Crippen molar-refractivity contribution in [3.05, 3.63) is 72.3 Å². The Balaban J connectivity index is 1.64. The first-order valence-corrected chi connectivity index (χ1v) is 8.29. The van der Waals surface area contributed by atoms with Crippen LogP contribution in [-0.4, -0.2) is 23.6 Å². The predicted molar refractivity (Wildman–Crippen MR) is 101 cm³/mol. The van der Waals surface area contributed by atoms with Crippen molar-refractivity contribution in [2.75, 3.05) is 11.9 Å². The number of hydrogen-bond donors (Lipinski definition) is 2. The first kappa shape index (κ1) is 17.5. The topological polar surface area (TPSA) is 75.6 Å². The molecule has 2 N–H and O–H groups in total. The number of amides is 1. The van der Waals surface area contributed by atoms with E-state index in [-0.39, 0.29) is 12.5 Å². The lowest BCUT2D eigenvalue weighted by molar-refractivity contribution is -0.142. The number of carboxylic acid groups (broad SMARTS) is 1. The van der Waals surface area contributed by atoms with Crippen LogP contribution in [0.5, 0.6) is 5.75 Å². The lowest BCUT2D eigenvalue weighted by atomic mass is 10.1. The highest BCUT2D eigenvalue weighted by atomic mass is 16.5. The summed E-state index contributed by atoms with van der Waals surface area (Å²) < 4.78 is 5.43. The van der Waals surface area contributed by atoms with Crippen LogP contribution in [0, 0.1) is 5.92 Å². The summed E-state index contributed by atoms with van der Waals surface area (Å²) in [7, 11) is 0. The number of anilines is 1. The molecule has 1 atom stereocenters. The van der Waals surface area contributed by atoms with E-state index < -0.39 is 11.9 Å². The smallest absolute Gasteiger partial charge is 0.309 e. The van der Waals surface area contributed by atoms with Gasteiger partial charge in [-0.3, -0.25) is 9.59 Å². The quantitative estimate of drug-likeness (QED) is 0.699. The molecule has 26 heavy (non-hydrogen) atoms. The molecule has 132 valence electrons. The average Bonchev–Trinajstić information content (AvgIpc) is 2.66. The molecule has 0 aliphatic carbocycles. The third-order valence-electron chi connectivity index (χ3n) is 4.05. The van der Waals surface area contributed by atoms with E-state index in [1.165, 1.54) is 0 Å². The molecule has 1 amide bonds. The number of nitrogens with one attached hydrogen (secondary N) is 1. The van der Waals surface area contributed by atoms with E-state index in [1.807, 2.05) is 36.4 Å². The number of ether oxygens (including phenoxy) is 1. The highest BCUT2D eigenvalue weighted by molar-refractivity contribution is 6.06. The van der Waals surface area contributed by atoms with Crippen LogP contribution in [0.1, 0.15) is 17.3 Å². The van der Waals surface area contributed by atoms with Gasteiger partial charge in [0.15, 0.2) is 0 Å². The number of aliphatic carboxylic acids is 1. The fourth-order valence-electron chi connectivity index (χ4n) is 2.46. The van der Waals surface area contributed by atoms with Crippen LogP contribution < -0.4 is 10.1 Å². The second kappa shape index (κ2) is 7.70. The summed E-state index contributed by atoms with van der Waals surface area (Å²) in [5, 5.41) is 13.8. The maximum atomic E-state index is 12.4. The molecule has 5 heteroatoms. The third kappa shape index (κ3) is 4.19. The zero-order chi connectivity index (χ0) is 18.5. The standard InChI is InChI=1S/C21H19NO4/c1-14(21(24)25)13-26-19-10-8-18(9-11-19)22-20(23)17-7-6-15-4-2-3-5-16(15)12-17/h2-12,14H,13H2,1H3,(H,22,23)(H,24,25). The van der Waals surface area contributed by atoms with Crippen molar-refractivity contribution in [1.29, 1.82) is 0 Å². The van der Waals surface area contributed by atoms with Gasteiger partial charge in [-0.2, -0.15) is 0 Å². The molecule has 0 aliphatic heterocycles. The molecule has 0 heterocycles. The highest BCUT2D eigenvalue weighted by Crippen LogP contribution is 2.19.